The van der Waals surface area contributed by atoms with E-state index in [1.165, 1.54) is 29.8 Å². The molecular weight excluding hydrogens is 1020 g/mol. The molecule has 19 heteroatoms. The number of nitrogens with zero attached hydrogens (tertiary/aromatic N) is 5. The molecule has 0 saturated carbocycles. The molecule has 3 aliphatic heterocycles. The highest BCUT2D eigenvalue weighted by molar-refractivity contribution is 7.22. The Labute approximate surface area is 450 Å². The maximum absolute atomic E-state index is 14.5. The van der Waals surface area contributed by atoms with Gasteiger partial charge >= 0.3 is 5.97 Å². The van der Waals surface area contributed by atoms with Gasteiger partial charge in [-0.2, -0.15) is 0 Å². The first kappa shape index (κ1) is 54.9. The summed E-state index contributed by atoms with van der Waals surface area (Å²) in [6.45, 7) is 15.3. The van der Waals surface area contributed by atoms with Crippen LogP contribution in [0.3, 0.4) is 0 Å². The first-order valence-corrected chi connectivity index (χ1v) is 26.1. The molecule has 75 heavy (non-hydrogen) atoms. The van der Waals surface area contributed by atoms with Gasteiger partial charge < -0.3 is 48.5 Å². The first-order chi connectivity index (χ1) is 36.3. The Balaban J connectivity index is 1.24. The Morgan fingerprint density at radius 1 is 0.987 bits per heavy atom. The average Bonchev–Trinajstić information content (AvgIpc) is 3.80. The van der Waals surface area contributed by atoms with Gasteiger partial charge in [-0.1, -0.05) is 60.1 Å². The van der Waals surface area contributed by atoms with Crippen molar-refractivity contribution >= 4 is 62.1 Å². The number of piperazine rings is 1. The van der Waals surface area contributed by atoms with Gasteiger partial charge in [-0.3, -0.25) is 4.90 Å². The number of thiophene rings is 1. The van der Waals surface area contributed by atoms with Crippen LogP contribution in [0.15, 0.2) is 96.5 Å². The lowest BCUT2D eigenvalue weighted by atomic mass is 9.92. The number of benzene rings is 4. The van der Waals surface area contributed by atoms with E-state index in [1.54, 1.807) is 37.4 Å². The number of allylic oxidation sites excluding steroid dienone is 1. The molecule has 0 spiro atoms. The SMILES string of the molecule is C=C(OCCOCCNC)/C(COc1ccc2cc1C[C@H](C(=O)O)Oc1ncnc3sc(-c4ccc(F)cc4)c(c13)-c1c(C)c(Cl)c(c(Cl)c1C)O[C@H](CN1CCN(C)CC1)CO2)=N\C(=C/C)c1ccccc1OC. The van der Waals surface area contributed by atoms with Crippen LogP contribution < -0.4 is 29.0 Å². The summed E-state index contributed by atoms with van der Waals surface area (Å²) in [4.78, 5) is 33.6. The number of nitrogens with one attached hydrogen (secondary N) is 1. The molecule has 0 aliphatic carbocycles. The minimum atomic E-state index is -1.53. The maximum Gasteiger partial charge on any atom is 0.345 e. The van der Waals surface area contributed by atoms with Crippen LogP contribution in [0.1, 0.15) is 29.2 Å². The smallest absolute Gasteiger partial charge is 0.345 e. The minimum absolute atomic E-state index is 0.00200. The number of methoxy groups -OCH3 is 1. The Morgan fingerprint density at radius 3 is 2.44 bits per heavy atom. The van der Waals surface area contributed by atoms with Crippen molar-refractivity contribution in [3.05, 3.63) is 130 Å². The number of para-hydroxylation sites is 1. The molecule has 0 radical (unpaired) electrons. The number of aliphatic carboxylic acids is 1. The number of carbonyl (C=O) groups is 1. The Hall–Kier alpha value is -6.31. The number of carboxylic acid groups (broad SMARTS) is 1. The molecule has 9 rings (SSSR count). The fraction of sp³-hybridized carbons (Fsp3) is 0.357. The van der Waals surface area contributed by atoms with E-state index >= 15 is 0 Å². The predicted octanol–water partition coefficient (Wildman–Crippen LogP) is 10.2. The third kappa shape index (κ3) is 13.0. The number of likely N-dealkylation sites (N-methyl/N-ethyl adjacent to an activating group) is 2. The van der Waals surface area contributed by atoms with E-state index in [2.05, 4.69) is 38.7 Å². The summed E-state index contributed by atoms with van der Waals surface area (Å²) in [6.07, 6.45) is 0.862. The van der Waals surface area contributed by atoms with E-state index in [4.69, 9.17) is 61.4 Å². The molecule has 3 aliphatic rings. The summed E-state index contributed by atoms with van der Waals surface area (Å²) in [5.74, 6) is 0.213. The topological polar surface area (TPSA) is 159 Å². The number of rotatable bonds is 18. The summed E-state index contributed by atoms with van der Waals surface area (Å²) in [5.41, 5.74) is 5.29. The number of fused-ring (bicyclic) bond motifs is 7. The number of hydrogen-bond acceptors (Lipinski definition) is 15. The summed E-state index contributed by atoms with van der Waals surface area (Å²) in [6, 6.07) is 18.8. The second-order valence-corrected chi connectivity index (χ2v) is 19.8. The van der Waals surface area contributed by atoms with Crippen molar-refractivity contribution in [3.8, 4) is 50.4 Å². The molecule has 4 aromatic carbocycles. The summed E-state index contributed by atoms with van der Waals surface area (Å²) >= 11 is 16.1. The summed E-state index contributed by atoms with van der Waals surface area (Å²) in [5, 5.41) is 15.1. The van der Waals surface area contributed by atoms with E-state index < -0.39 is 24.0 Å². The van der Waals surface area contributed by atoms with E-state index in [9.17, 15) is 14.3 Å². The van der Waals surface area contributed by atoms with E-state index in [-0.39, 0.29) is 47.9 Å². The highest BCUT2D eigenvalue weighted by Gasteiger charge is 2.32. The Kier molecular flexibility index (Phi) is 18.7. The third-order valence-corrected chi connectivity index (χ3v) is 15.0. The van der Waals surface area contributed by atoms with Crippen LogP contribution >= 0.6 is 34.5 Å². The quantitative estimate of drug-likeness (QED) is 0.0476. The van der Waals surface area contributed by atoms with Crippen LogP contribution in [0.2, 0.25) is 10.0 Å². The third-order valence-electron chi connectivity index (χ3n) is 13.0. The molecule has 1 fully saturated rings. The van der Waals surface area contributed by atoms with Crippen molar-refractivity contribution in [3.63, 3.8) is 0 Å². The van der Waals surface area contributed by atoms with Crippen molar-refractivity contribution in [1.29, 1.82) is 0 Å². The molecule has 0 amide bonds. The van der Waals surface area contributed by atoms with Crippen LogP contribution in [0.4, 0.5) is 4.39 Å². The molecule has 2 N–H and O–H groups in total. The molecule has 5 heterocycles. The number of hydrogen-bond donors (Lipinski definition) is 2. The average molecular weight is 1080 g/mol. The number of carboxylic acids is 1. The van der Waals surface area contributed by atoms with Crippen LogP contribution in [0, 0.1) is 19.7 Å². The minimum Gasteiger partial charge on any atom is -0.496 e. The van der Waals surface area contributed by atoms with Gasteiger partial charge in [0.15, 0.2) is 5.75 Å². The van der Waals surface area contributed by atoms with Crippen LogP contribution in [-0.2, 0) is 20.7 Å². The van der Waals surface area contributed by atoms with Crippen LogP contribution in [0.25, 0.3) is 37.5 Å². The lowest BCUT2D eigenvalue weighted by Crippen LogP contribution is -2.49. The van der Waals surface area contributed by atoms with Gasteiger partial charge in [0.25, 0.3) is 0 Å². The van der Waals surface area contributed by atoms with Crippen molar-refractivity contribution in [2.24, 2.45) is 4.99 Å². The predicted molar refractivity (Wildman–Crippen MR) is 293 cm³/mol. The highest BCUT2D eigenvalue weighted by atomic mass is 35.5. The van der Waals surface area contributed by atoms with Crippen molar-refractivity contribution in [1.82, 2.24) is 25.1 Å². The molecular formula is C56H61Cl2FN6O9S. The molecule has 396 valence electrons. The van der Waals surface area contributed by atoms with E-state index in [0.29, 0.717) is 109 Å². The molecule has 2 aromatic heterocycles. The van der Waals surface area contributed by atoms with Crippen molar-refractivity contribution in [2.75, 3.05) is 93.5 Å². The fourth-order valence-electron chi connectivity index (χ4n) is 8.90. The molecule has 4 bridgehead atoms. The molecule has 15 nitrogen and oxygen atoms in total. The second kappa shape index (κ2) is 25.5. The van der Waals surface area contributed by atoms with Gasteiger partial charge in [-0.15, -0.1) is 11.3 Å². The molecule has 6 aromatic rings. The second-order valence-electron chi connectivity index (χ2n) is 18.0. The van der Waals surface area contributed by atoms with Crippen LogP contribution in [-0.4, -0.2) is 142 Å². The molecule has 0 unspecified atom stereocenters. The zero-order valence-corrected chi connectivity index (χ0v) is 45.2. The normalized spacial score (nSPS) is 16.7. The summed E-state index contributed by atoms with van der Waals surface area (Å²) < 4.78 is 58.6. The van der Waals surface area contributed by atoms with Crippen LogP contribution in [0.5, 0.6) is 28.9 Å². The number of aliphatic imine (C=N–C) groups is 1. The largest absolute Gasteiger partial charge is 0.496 e. The van der Waals surface area contributed by atoms with E-state index in [0.717, 1.165) is 31.7 Å². The van der Waals surface area contributed by atoms with Gasteiger partial charge in [0.05, 0.1) is 41.5 Å². The number of ether oxygens (including phenoxy) is 7. The lowest BCUT2D eigenvalue weighted by Gasteiger charge is -2.35. The lowest BCUT2D eigenvalue weighted by molar-refractivity contribution is -0.145. The van der Waals surface area contributed by atoms with Gasteiger partial charge in [0, 0.05) is 67.3 Å². The van der Waals surface area contributed by atoms with Gasteiger partial charge in [-0.05, 0) is 99.6 Å². The summed E-state index contributed by atoms with van der Waals surface area (Å²) in [7, 11) is 5.54. The van der Waals surface area contributed by atoms with Crippen molar-refractivity contribution < 1.29 is 47.4 Å². The van der Waals surface area contributed by atoms with Gasteiger partial charge in [0.1, 0.15) is 71.6 Å². The zero-order valence-electron chi connectivity index (χ0n) is 42.8. The zero-order chi connectivity index (χ0) is 53.2. The van der Waals surface area contributed by atoms with Gasteiger partial charge in [0.2, 0.25) is 12.0 Å². The Morgan fingerprint density at radius 2 is 1.73 bits per heavy atom. The number of aromatic nitrogens is 2. The van der Waals surface area contributed by atoms with E-state index in [1.807, 2.05) is 58.2 Å². The number of halogens is 3. The fourth-order valence-corrected chi connectivity index (χ4v) is 10.6. The highest BCUT2D eigenvalue weighted by Crippen LogP contribution is 2.53. The standard InChI is InChI=1S/C56H61Cl2FN6O9S/c1-8-42(41-11-9-10-12-45(41)68-7)63-43(35(4)70-26-25-69-24-19-60-5)31-72-44-18-17-39-27-37(44)28-46(56(66)67)74-54-49-48(53(75-55(49)62-32-61-54)36-13-15-38(59)16-14-36)47-33(2)50(57)52(51(58)34(47)3)73-40(30-71-39)29-65-22-20-64(6)21-23-65/h8-18,27,32,40,46,60H,4,19-26,28-31H2,1-3,5-7H3,(H,66,67)/b42-8-,63-43-/t40-,46-/m1/s1. The van der Waals surface area contributed by atoms with Crippen molar-refractivity contribution in [2.45, 2.75) is 39.4 Å². The van der Waals surface area contributed by atoms with Gasteiger partial charge in [-0.25, -0.2) is 24.1 Å². The maximum atomic E-state index is 14.5. The Bertz CT molecular complexity index is 3040. The molecule has 1 saturated heterocycles. The monoisotopic (exact) mass is 1080 g/mol. The molecule has 2 atom stereocenters. The first-order valence-electron chi connectivity index (χ1n) is 24.6.